The van der Waals surface area contributed by atoms with Gasteiger partial charge < -0.3 is 45.1 Å². The SMILES string of the molecule is CC/C=C/C=C/C=C\C=C/CCCCC(O)C(=O)NC(COC1OC(CO)C(O)C(O)C1OC(=O)CCCCCCCCCCCCCC/C=C\C/C=C\C/C=C\CCCCC)C(O)/C=C/CCCCCCCCCCC. The number of unbranched alkanes of at least 4 members (excludes halogenated alkanes) is 26. The topological polar surface area (TPSA) is 175 Å². The molecule has 1 aliphatic rings. The van der Waals surface area contributed by atoms with Crippen molar-refractivity contribution < 1.29 is 49.3 Å². The second-order valence-corrected chi connectivity index (χ2v) is 21.1. The van der Waals surface area contributed by atoms with E-state index in [2.05, 4.69) is 68.6 Å². The third-order valence-corrected chi connectivity index (χ3v) is 14.1. The van der Waals surface area contributed by atoms with Crippen LogP contribution in [0.5, 0.6) is 0 Å². The molecular weight excluding hydrogens is 967 g/mol. The van der Waals surface area contributed by atoms with Crippen LogP contribution in [0, 0.1) is 0 Å². The highest BCUT2D eigenvalue weighted by molar-refractivity contribution is 5.80. The standard InChI is InChI=1S/C66H113NO10/c1-4-7-10-13-16-19-22-24-25-26-27-28-29-30-31-32-33-34-35-36-39-42-45-48-51-54-61(71)77-64-63(73)62(72)60(55-68)76-66(64)75-56-57(58(69)52-49-46-43-40-37-21-18-15-12-9-6-3)67-65(74)59(70)53-50-47-44-41-38-23-20-17-14-11-8-5-2/h8,11,14,16-17,19-20,23-25,27-28,38,41,49,52,57-60,62-64,66,68-70,72-73H,4-7,9-10,12-13,15,18,21-22,26,29-37,39-40,42-48,50-51,53-56H2,1-3H3,(H,67,74)/b11-8+,17-14+,19-16-,23-20-,25-24-,28-27-,41-38-,52-49+. The molecule has 77 heavy (non-hydrogen) atoms. The maximum atomic E-state index is 13.3. The highest BCUT2D eigenvalue weighted by Crippen LogP contribution is 2.26. The van der Waals surface area contributed by atoms with Gasteiger partial charge in [-0.05, 0) is 83.5 Å². The van der Waals surface area contributed by atoms with E-state index in [4.69, 9.17) is 14.2 Å². The van der Waals surface area contributed by atoms with E-state index < -0.39 is 67.4 Å². The van der Waals surface area contributed by atoms with E-state index in [1.54, 1.807) is 6.08 Å². The third kappa shape index (κ3) is 41.3. The molecule has 1 saturated heterocycles. The maximum absolute atomic E-state index is 13.3. The Labute approximate surface area is 469 Å². The fourth-order valence-corrected chi connectivity index (χ4v) is 9.14. The molecule has 11 heteroatoms. The van der Waals surface area contributed by atoms with Crippen molar-refractivity contribution in [3.05, 3.63) is 97.2 Å². The zero-order valence-corrected chi connectivity index (χ0v) is 48.8. The molecule has 1 heterocycles. The van der Waals surface area contributed by atoms with Gasteiger partial charge in [-0.15, -0.1) is 0 Å². The van der Waals surface area contributed by atoms with Crippen molar-refractivity contribution in [3.63, 3.8) is 0 Å². The molecule has 442 valence electrons. The number of carbonyl (C=O) groups is 2. The summed E-state index contributed by atoms with van der Waals surface area (Å²) in [4.78, 5) is 26.5. The van der Waals surface area contributed by atoms with Crippen molar-refractivity contribution in [1.29, 1.82) is 0 Å². The molecule has 0 spiro atoms. The quantitative estimate of drug-likeness (QED) is 0.0149. The van der Waals surface area contributed by atoms with Gasteiger partial charge in [0.1, 0.15) is 24.4 Å². The molecule has 1 rings (SSSR count). The molecule has 11 nitrogen and oxygen atoms in total. The summed E-state index contributed by atoms with van der Waals surface area (Å²) in [5, 5.41) is 56.8. The predicted molar refractivity (Wildman–Crippen MR) is 319 cm³/mol. The minimum atomic E-state index is -1.63. The number of nitrogens with one attached hydrogen (secondary N) is 1. The number of esters is 1. The van der Waals surface area contributed by atoms with Crippen molar-refractivity contribution in [3.8, 4) is 0 Å². The Balaban J connectivity index is 2.60. The number of aliphatic hydroxyl groups excluding tert-OH is 5. The average Bonchev–Trinajstić information content (AvgIpc) is 3.43. The lowest BCUT2D eigenvalue weighted by Crippen LogP contribution is -2.61. The van der Waals surface area contributed by atoms with Crippen molar-refractivity contribution in [2.24, 2.45) is 0 Å². The van der Waals surface area contributed by atoms with Gasteiger partial charge in [0.25, 0.3) is 0 Å². The summed E-state index contributed by atoms with van der Waals surface area (Å²) >= 11 is 0. The number of hydrogen-bond donors (Lipinski definition) is 6. The van der Waals surface area contributed by atoms with E-state index >= 15 is 0 Å². The smallest absolute Gasteiger partial charge is 0.306 e. The molecule has 0 aromatic carbocycles. The van der Waals surface area contributed by atoms with Crippen LogP contribution in [0.3, 0.4) is 0 Å². The van der Waals surface area contributed by atoms with Crippen LogP contribution in [0.15, 0.2) is 97.2 Å². The first-order valence-electron chi connectivity index (χ1n) is 31.1. The Morgan fingerprint density at radius 1 is 0.532 bits per heavy atom. The molecule has 0 aromatic rings. The maximum Gasteiger partial charge on any atom is 0.306 e. The van der Waals surface area contributed by atoms with Crippen LogP contribution >= 0.6 is 0 Å². The Kier molecular flexibility index (Phi) is 49.5. The number of rotatable bonds is 51. The highest BCUT2D eigenvalue weighted by atomic mass is 16.7. The predicted octanol–water partition coefficient (Wildman–Crippen LogP) is 14.7. The van der Waals surface area contributed by atoms with E-state index in [1.165, 1.54) is 116 Å². The number of ether oxygens (including phenoxy) is 3. The first-order valence-corrected chi connectivity index (χ1v) is 31.1. The largest absolute Gasteiger partial charge is 0.454 e. The molecule has 0 aromatic heterocycles. The highest BCUT2D eigenvalue weighted by Gasteiger charge is 2.47. The monoisotopic (exact) mass is 1080 g/mol. The lowest BCUT2D eigenvalue weighted by Gasteiger charge is -2.41. The number of hydrogen-bond acceptors (Lipinski definition) is 10. The second kappa shape index (κ2) is 53.2. The molecule has 0 bridgehead atoms. The van der Waals surface area contributed by atoms with Crippen molar-refractivity contribution in [2.45, 2.75) is 294 Å². The number of carbonyl (C=O) groups excluding carboxylic acids is 2. The van der Waals surface area contributed by atoms with Crippen LogP contribution in [0.1, 0.15) is 245 Å². The van der Waals surface area contributed by atoms with E-state index in [9.17, 15) is 35.1 Å². The zero-order valence-electron chi connectivity index (χ0n) is 48.8. The minimum absolute atomic E-state index is 0.112. The number of aliphatic hydroxyl groups is 5. The average molecular weight is 1080 g/mol. The minimum Gasteiger partial charge on any atom is -0.454 e. The van der Waals surface area contributed by atoms with Crippen molar-refractivity contribution >= 4 is 11.9 Å². The second-order valence-electron chi connectivity index (χ2n) is 21.1. The molecule has 8 atom stereocenters. The van der Waals surface area contributed by atoms with Gasteiger partial charge in [-0.1, -0.05) is 253 Å². The van der Waals surface area contributed by atoms with E-state index in [-0.39, 0.29) is 19.4 Å². The van der Waals surface area contributed by atoms with Gasteiger partial charge in [-0.25, -0.2) is 0 Å². The molecule has 1 fully saturated rings. The molecule has 0 aliphatic carbocycles. The van der Waals surface area contributed by atoms with Crippen LogP contribution < -0.4 is 5.32 Å². The van der Waals surface area contributed by atoms with E-state index in [1.807, 2.05) is 48.6 Å². The van der Waals surface area contributed by atoms with Gasteiger partial charge >= 0.3 is 5.97 Å². The Morgan fingerprint density at radius 2 is 0.987 bits per heavy atom. The lowest BCUT2D eigenvalue weighted by atomic mass is 9.99. The first-order chi connectivity index (χ1) is 37.7. The molecule has 0 radical (unpaired) electrons. The molecule has 1 amide bonds. The molecule has 1 aliphatic heterocycles. The summed E-state index contributed by atoms with van der Waals surface area (Å²) in [5.41, 5.74) is 0. The van der Waals surface area contributed by atoms with Crippen LogP contribution in [0.25, 0.3) is 0 Å². The van der Waals surface area contributed by atoms with Gasteiger partial charge in [0.05, 0.1) is 25.4 Å². The molecule has 6 N–H and O–H groups in total. The van der Waals surface area contributed by atoms with Gasteiger partial charge in [0.2, 0.25) is 5.91 Å². The van der Waals surface area contributed by atoms with Gasteiger partial charge in [-0.2, -0.15) is 0 Å². The van der Waals surface area contributed by atoms with Gasteiger partial charge in [0.15, 0.2) is 12.4 Å². The van der Waals surface area contributed by atoms with Gasteiger partial charge in [-0.3, -0.25) is 9.59 Å². The Bertz CT molecular complexity index is 1620. The first kappa shape index (κ1) is 71.6. The number of allylic oxidation sites excluding steroid dienone is 15. The Hall–Kier alpha value is -3.42. The van der Waals surface area contributed by atoms with E-state index in [0.29, 0.717) is 12.8 Å². The lowest BCUT2D eigenvalue weighted by molar-refractivity contribution is -0.305. The fourth-order valence-electron chi connectivity index (χ4n) is 9.14. The van der Waals surface area contributed by atoms with Crippen LogP contribution in [-0.4, -0.2) is 99.6 Å². The van der Waals surface area contributed by atoms with Crippen LogP contribution in [0.4, 0.5) is 0 Å². The van der Waals surface area contributed by atoms with Crippen molar-refractivity contribution in [2.75, 3.05) is 13.2 Å². The normalized spacial score (nSPS) is 19.7. The zero-order chi connectivity index (χ0) is 56.1. The summed E-state index contributed by atoms with van der Waals surface area (Å²) in [6.45, 7) is 5.57. The summed E-state index contributed by atoms with van der Waals surface area (Å²) in [7, 11) is 0. The molecular formula is C66H113NO10. The number of amides is 1. The molecule has 0 saturated carbocycles. The summed E-state index contributed by atoms with van der Waals surface area (Å²) in [6.07, 6.45) is 60.4. The van der Waals surface area contributed by atoms with Gasteiger partial charge in [0, 0.05) is 6.42 Å². The van der Waals surface area contributed by atoms with E-state index in [0.717, 1.165) is 83.5 Å². The Morgan fingerprint density at radius 3 is 1.55 bits per heavy atom. The summed E-state index contributed by atoms with van der Waals surface area (Å²) in [5.74, 6) is -1.24. The summed E-state index contributed by atoms with van der Waals surface area (Å²) < 4.78 is 17.6. The molecule has 8 unspecified atom stereocenters. The van der Waals surface area contributed by atoms with Crippen molar-refractivity contribution in [1.82, 2.24) is 5.32 Å². The fraction of sp³-hybridized carbons (Fsp3) is 0.727. The van der Waals surface area contributed by atoms with Crippen LogP contribution in [-0.2, 0) is 23.8 Å². The third-order valence-electron chi connectivity index (χ3n) is 14.1. The summed E-state index contributed by atoms with van der Waals surface area (Å²) in [6, 6.07) is -1.05. The van der Waals surface area contributed by atoms with Crippen LogP contribution in [0.2, 0.25) is 0 Å².